The highest BCUT2D eigenvalue weighted by atomic mass is 32.1. The number of nitrogens with zero attached hydrogens (tertiary/aromatic N) is 1. The Balaban J connectivity index is 2.49. The maximum Gasteiger partial charge on any atom is 0.220 e. The zero-order valence-corrected chi connectivity index (χ0v) is 7.92. The monoisotopic (exact) mass is 207 g/mol. The van der Waals surface area contributed by atoms with E-state index in [-0.39, 0.29) is 0 Å². The van der Waals surface area contributed by atoms with E-state index >= 15 is 0 Å². The SMILES string of the molecule is O=Cc1cc(-c2cccnc2F)cs1. The van der Waals surface area contributed by atoms with Crippen LogP contribution in [0.3, 0.4) is 0 Å². The minimum atomic E-state index is -0.511. The highest BCUT2D eigenvalue weighted by Crippen LogP contribution is 2.25. The van der Waals surface area contributed by atoms with Crippen LogP contribution in [-0.2, 0) is 0 Å². The third-order valence-electron chi connectivity index (χ3n) is 1.81. The molecule has 2 aromatic rings. The first-order valence-corrected chi connectivity index (χ1v) is 4.84. The second-order valence-electron chi connectivity index (χ2n) is 2.70. The molecule has 14 heavy (non-hydrogen) atoms. The van der Waals surface area contributed by atoms with E-state index in [1.165, 1.54) is 17.5 Å². The molecule has 2 heterocycles. The Hall–Kier alpha value is -1.55. The lowest BCUT2D eigenvalue weighted by atomic mass is 10.1. The fourth-order valence-electron chi connectivity index (χ4n) is 1.16. The van der Waals surface area contributed by atoms with Crippen LogP contribution in [0.1, 0.15) is 9.67 Å². The van der Waals surface area contributed by atoms with Crippen LogP contribution in [0, 0.1) is 5.95 Å². The van der Waals surface area contributed by atoms with Crippen molar-refractivity contribution < 1.29 is 9.18 Å². The molecule has 0 spiro atoms. The van der Waals surface area contributed by atoms with Gasteiger partial charge < -0.3 is 0 Å². The predicted molar refractivity (Wildman–Crippen MR) is 52.9 cm³/mol. The first-order valence-electron chi connectivity index (χ1n) is 3.96. The average molecular weight is 207 g/mol. The molecule has 2 nitrogen and oxygen atoms in total. The minimum absolute atomic E-state index is 0.428. The van der Waals surface area contributed by atoms with Crippen LogP contribution in [0.4, 0.5) is 4.39 Å². The molecule has 0 radical (unpaired) electrons. The number of rotatable bonds is 2. The predicted octanol–water partition coefficient (Wildman–Crippen LogP) is 2.76. The molecule has 0 aliphatic carbocycles. The van der Waals surface area contributed by atoms with Gasteiger partial charge in [0.2, 0.25) is 5.95 Å². The third kappa shape index (κ3) is 1.56. The molecule has 4 heteroatoms. The van der Waals surface area contributed by atoms with Crippen LogP contribution < -0.4 is 0 Å². The van der Waals surface area contributed by atoms with Crippen molar-refractivity contribution in [3.8, 4) is 11.1 Å². The Labute approximate surface area is 84.0 Å². The molecule has 0 saturated heterocycles. The van der Waals surface area contributed by atoms with E-state index in [0.29, 0.717) is 16.0 Å². The lowest BCUT2D eigenvalue weighted by Gasteiger charge is -1.96. The molecule has 2 rings (SSSR count). The van der Waals surface area contributed by atoms with Crippen molar-refractivity contribution in [2.45, 2.75) is 0 Å². The van der Waals surface area contributed by atoms with Crippen molar-refractivity contribution in [2.75, 3.05) is 0 Å². The highest BCUT2D eigenvalue weighted by Gasteiger charge is 2.07. The molecule has 0 aliphatic heterocycles. The summed E-state index contributed by atoms with van der Waals surface area (Å²) < 4.78 is 13.2. The summed E-state index contributed by atoms with van der Waals surface area (Å²) >= 11 is 1.29. The van der Waals surface area contributed by atoms with Crippen LogP contribution in [0.25, 0.3) is 11.1 Å². The lowest BCUT2D eigenvalue weighted by Crippen LogP contribution is -1.85. The summed E-state index contributed by atoms with van der Waals surface area (Å²) in [4.78, 5) is 14.6. The molecule has 0 aliphatic rings. The van der Waals surface area contributed by atoms with Gasteiger partial charge in [0.25, 0.3) is 0 Å². The number of pyridine rings is 1. The van der Waals surface area contributed by atoms with E-state index in [1.54, 1.807) is 23.6 Å². The van der Waals surface area contributed by atoms with E-state index < -0.39 is 5.95 Å². The summed E-state index contributed by atoms with van der Waals surface area (Å²) in [6, 6.07) is 4.95. The number of aromatic nitrogens is 1. The van der Waals surface area contributed by atoms with E-state index in [1.807, 2.05) is 0 Å². The summed E-state index contributed by atoms with van der Waals surface area (Å²) in [6.07, 6.45) is 2.15. The molecule has 0 saturated carbocycles. The number of aldehydes is 1. The molecule has 0 unspecified atom stereocenters. The normalized spacial score (nSPS) is 10.1. The van der Waals surface area contributed by atoms with E-state index in [0.717, 1.165) is 6.29 Å². The third-order valence-corrected chi connectivity index (χ3v) is 2.66. The largest absolute Gasteiger partial charge is 0.297 e. The number of carbonyl (C=O) groups excluding carboxylic acids is 1. The van der Waals surface area contributed by atoms with Crippen LogP contribution in [0.2, 0.25) is 0 Å². The van der Waals surface area contributed by atoms with Gasteiger partial charge in [0.15, 0.2) is 6.29 Å². The minimum Gasteiger partial charge on any atom is -0.297 e. The summed E-state index contributed by atoms with van der Waals surface area (Å²) in [5, 5.41) is 1.74. The van der Waals surface area contributed by atoms with Gasteiger partial charge in [-0.05, 0) is 29.1 Å². The first-order chi connectivity index (χ1) is 6.81. The van der Waals surface area contributed by atoms with Gasteiger partial charge in [-0.1, -0.05) is 0 Å². The maximum atomic E-state index is 13.2. The van der Waals surface area contributed by atoms with Crippen molar-refractivity contribution >= 4 is 17.6 Å². The van der Waals surface area contributed by atoms with Crippen LogP contribution in [0.5, 0.6) is 0 Å². The average Bonchev–Trinajstić information content (AvgIpc) is 2.67. The molecular formula is C10H6FNOS. The quantitative estimate of drug-likeness (QED) is 0.560. The van der Waals surface area contributed by atoms with E-state index in [9.17, 15) is 9.18 Å². The molecule has 0 atom stereocenters. The maximum absolute atomic E-state index is 13.2. The van der Waals surface area contributed by atoms with Gasteiger partial charge in [-0.2, -0.15) is 4.39 Å². The molecular weight excluding hydrogens is 201 g/mol. The Morgan fingerprint density at radius 3 is 3.00 bits per heavy atom. The number of halogens is 1. The van der Waals surface area contributed by atoms with Gasteiger partial charge in [-0.3, -0.25) is 4.79 Å². The summed E-state index contributed by atoms with van der Waals surface area (Å²) in [5.41, 5.74) is 1.12. The van der Waals surface area contributed by atoms with Gasteiger partial charge in [-0.25, -0.2) is 4.98 Å². The van der Waals surface area contributed by atoms with Crippen molar-refractivity contribution in [3.63, 3.8) is 0 Å². The standard InChI is InChI=1S/C10H6FNOS/c11-10-9(2-1-3-12-10)7-4-8(5-13)14-6-7/h1-6H. The second-order valence-corrected chi connectivity index (χ2v) is 3.64. The Bertz CT molecular complexity index is 467. The van der Waals surface area contributed by atoms with Crippen molar-refractivity contribution in [1.29, 1.82) is 0 Å². The van der Waals surface area contributed by atoms with Crippen molar-refractivity contribution in [3.05, 3.63) is 40.6 Å². The molecule has 0 aromatic carbocycles. The summed E-state index contributed by atoms with van der Waals surface area (Å²) in [5.74, 6) is -0.511. The molecule has 0 N–H and O–H groups in total. The lowest BCUT2D eigenvalue weighted by molar-refractivity contribution is 0.112. The van der Waals surface area contributed by atoms with Gasteiger partial charge in [0.1, 0.15) is 0 Å². The molecule has 0 bridgehead atoms. The zero-order valence-electron chi connectivity index (χ0n) is 7.11. The van der Waals surface area contributed by atoms with Gasteiger partial charge >= 0.3 is 0 Å². The number of hydrogen-bond acceptors (Lipinski definition) is 3. The number of hydrogen-bond donors (Lipinski definition) is 0. The molecule has 70 valence electrons. The number of thiophene rings is 1. The van der Waals surface area contributed by atoms with Crippen LogP contribution in [-0.4, -0.2) is 11.3 Å². The summed E-state index contributed by atoms with van der Waals surface area (Å²) in [7, 11) is 0. The molecule has 2 aromatic heterocycles. The van der Waals surface area contributed by atoms with E-state index in [4.69, 9.17) is 0 Å². The topological polar surface area (TPSA) is 30.0 Å². The Morgan fingerprint density at radius 1 is 1.50 bits per heavy atom. The second kappa shape index (κ2) is 3.67. The Morgan fingerprint density at radius 2 is 2.36 bits per heavy atom. The smallest absolute Gasteiger partial charge is 0.220 e. The van der Waals surface area contributed by atoms with Crippen LogP contribution in [0.15, 0.2) is 29.8 Å². The molecule has 0 fully saturated rings. The molecule has 0 amide bonds. The van der Waals surface area contributed by atoms with Gasteiger partial charge in [0, 0.05) is 11.8 Å². The summed E-state index contributed by atoms with van der Waals surface area (Å²) in [6.45, 7) is 0. The number of carbonyl (C=O) groups is 1. The Kier molecular flexibility index (Phi) is 2.37. The highest BCUT2D eigenvalue weighted by molar-refractivity contribution is 7.12. The van der Waals surface area contributed by atoms with Gasteiger partial charge in [-0.15, -0.1) is 11.3 Å². The fraction of sp³-hybridized carbons (Fsp3) is 0. The van der Waals surface area contributed by atoms with Crippen molar-refractivity contribution in [2.24, 2.45) is 0 Å². The first kappa shape index (κ1) is 9.02. The van der Waals surface area contributed by atoms with Gasteiger partial charge in [0.05, 0.1) is 4.88 Å². The van der Waals surface area contributed by atoms with Crippen molar-refractivity contribution in [1.82, 2.24) is 4.98 Å². The zero-order chi connectivity index (χ0) is 9.97. The van der Waals surface area contributed by atoms with E-state index in [2.05, 4.69) is 4.98 Å². The van der Waals surface area contributed by atoms with Crippen LogP contribution >= 0.6 is 11.3 Å². The fourth-order valence-corrected chi connectivity index (χ4v) is 1.87.